The molecule has 22 heavy (non-hydrogen) atoms. The van der Waals surface area contributed by atoms with E-state index in [9.17, 15) is 14.4 Å². The number of nitrogens with zero attached hydrogens (tertiary/aromatic N) is 1. The molecule has 1 rings (SSSR count). The number of carbonyl (C=O) groups is 3. The largest absolute Gasteiger partial charge is 0.481 e. The van der Waals surface area contributed by atoms with Crippen molar-refractivity contribution in [3.8, 4) is 0 Å². The van der Waals surface area contributed by atoms with Crippen molar-refractivity contribution in [3.63, 3.8) is 0 Å². The molecule has 0 spiro atoms. The van der Waals surface area contributed by atoms with E-state index in [0.29, 0.717) is 32.6 Å². The number of unbranched alkanes of at least 4 members (excludes halogenated alkanes) is 1. The number of likely N-dealkylation sites (tertiary alicyclic amines) is 1. The minimum absolute atomic E-state index is 0.0248. The lowest BCUT2D eigenvalue weighted by Crippen LogP contribution is -2.49. The summed E-state index contributed by atoms with van der Waals surface area (Å²) in [7, 11) is 0. The van der Waals surface area contributed by atoms with Crippen molar-refractivity contribution in [2.45, 2.75) is 45.4 Å². The van der Waals surface area contributed by atoms with Gasteiger partial charge in [0.05, 0.1) is 5.92 Å². The van der Waals surface area contributed by atoms with Gasteiger partial charge in [-0.2, -0.15) is 0 Å². The van der Waals surface area contributed by atoms with Crippen LogP contribution in [0.15, 0.2) is 0 Å². The minimum Gasteiger partial charge on any atom is -0.481 e. The fourth-order valence-electron chi connectivity index (χ4n) is 2.46. The van der Waals surface area contributed by atoms with Crippen molar-refractivity contribution >= 4 is 17.9 Å². The quantitative estimate of drug-likeness (QED) is 0.586. The maximum atomic E-state index is 12.0. The third-order valence-corrected chi connectivity index (χ3v) is 3.75. The van der Waals surface area contributed by atoms with E-state index in [-0.39, 0.29) is 24.3 Å². The van der Waals surface area contributed by atoms with Gasteiger partial charge in [0.1, 0.15) is 0 Å². The van der Waals surface area contributed by atoms with Crippen LogP contribution >= 0.6 is 0 Å². The Balaban J connectivity index is 2.30. The number of rotatable bonds is 8. The molecule has 1 saturated heterocycles. The van der Waals surface area contributed by atoms with E-state index in [0.717, 1.165) is 25.7 Å². The molecule has 3 amide bonds. The predicted molar refractivity (Wildman–Crippen MR) is 82.5 cm³/mol. The summed E-state index contributed by atoms with van der Waals surface area (Å²) < 4.78 is 0. The first-order chi connectivity index (χ1) is 10.5. The number of piperidine rings is 1. The third kappa shape index (κ3) is 6.78. The second-order valence-electron chi connectivity index (χ2n) is 5.66. The first-order valence-corrected chi connectivity index (χ1v) is 8.06. The van der Waals surface area contributed by atoms with Crippen molar-refractivity contribution in [1.82, 2.24) is 15.5 Å². The number of hydrogen-bond acceptors (Lipinski definition) is 3. The summed E-state index contributed by atoms with van der Waals surface area (Å²) in [5.74, 6) is -0.983. The second kappa shape index (κ2) is 10.0. The fraction of sp³-hybridized carbons (Fsp3) is 0.800. The van der Waals surface area contributed by atoms with Crippen LogP contribution in [0.3, 0.4) is 0 Å². The highest BCUT2D eigenvalue weighted by atomic mass is 16.4. The van der Waals surface area contributed by atoms with E-state index >= 15 is 0 Å². The SMILES string of the molecule is CCCCNC(=O)C1CCCN(C(=O)NCCCC(=O)O)C1. The molecule has 0 radical (unpaired) electrons. The number of amides is 3. The van der Waals surface area contributed by atoms with Crippen molar-refractivity contribution < 1.29 is 19.5 Å². The highest BCUT2D eigenvalue weighted by molar-refractivity contribution is 5.80. The predicted octanol–water partition coefficient (Wildman–Crippen LogP) is 1.19. The Morgan fingerprint density at radius 2 is 1.91 bits per heavy atom. The average Bonchev–Trinajstić information content (AvgIpc) is 2.51. The normalized spacial score (nSPS) is 17.9. The maximum absolute atomic E-state index is 12.0. The molecule has 0 aliphatic carbocycles. The van der Waals surface area contributed by atoms with Crippen LogP contribution in [0.5, 0.6) is 0 Å². The first-order valence-electron chi connectivity index (χ1n) is 8.06. The van der Waals surface area contributed by atoms with Crippen molar-refractivity contribution in [3.05, 3.63) is 0 Å². The Labute approximate surface area is 131 Å². The lowest BCUT2D eigenvalue weighted by molar-refractivity contribution is -0.137. The van der Waals surface area contributed by atoms with Gasteiger partial charge >= 0.3 is 12.0 Å². The van der Waals surface area contributed by atoms with Crippen LogP contribution in [0.1, 0.15) is 45.4 Å². The van der Waals surface area contributed by atoms with E-state index in [1.54, 1.807) is 4.90 Å². The summed E-state index contributed by atoms with van der Waals surface area (Å²) >= 11 is 0. The molecular formula is C15H27N3O4. The van der Waals surface area contributed by atoms with Crippen LogP contribution < -0.4 is 10.6 Å². The molecule has 1 unspecified atom stereocenters. The zero-order chi connectivity index (χ0) is 16.4. The lowest BCUT2D eigenvalue weighted by Gasteiger charge is -2.32. The van der Waals surface area contributed by atoms with Gasteiger partial charge in [0, 0.05) is 32.6 Å². The smallest absolute Gasteiger partial charge is 0.317 e. The van der Waals surface area contributed by atoms with Gasteiger partial charge in [-0.25, -0.2) is 4.79 Å². The Hall–Kier alpha value is -1.79. The molecule has 0 bridgehead atoms. The molecule has 1 aliphatic rings. The number of carboxylic acid groups (broad SMARTS) is 1. The van der Waals surface area contributed by atoms with Gasteiger partial charge in [0.2, 0.25) is 5.91 Å². The van der Waals surface area contributed by atoms with Crippen molar-refractivity contribution in [2.75, 3.05) is 26.2 Å². The zero-order valence-corrected chi connectivity index (χ0v) is 13.3. The lowest BCUT2D eigenvalue weighted by atomic mass is 9.97. The Kier molecular flexibility index (Phi) is 8.32. The molecular weight excluding hydrogens is 286 g/mol. The topological polar surface area (TPSA) is 98.7 Å². The van der Waals surface area contributed by atoms with E-state index in [1.807, 2.05) is 0 Å². The second-order valence-corrected chi connectivity index (χ2v) is 5.66. The van der Waals surface area contributed by atoms with Crippen LogP contribution in [0, 0.1) is 5.92 Å². The Morgan fingerprint density at radius 1 is 1.18 bits per heavy atom. The van der Waals surface area contributed by atoms with Gasteiger partial charge in [-0.1, -0.05) is 13.3 Å². The fourth-order valence-corrected chi connectivity index (χ4v) is 2.46. The Morgan fingerprint density at radius 3 is 2.59 bits per heavy atom. The summed E-state index contributed by atoms with van der Waals surface area (Å²) in [5, 5.41) is 14.2. The summed E-state index contributed by atoms with van der Waals surface area (Å²) in [4.78, 5) is 36.1. The van der Waals surface area contributed by atoms with Crippen molar-refractivity contribution in [1.29, 1.82) is 0 Å². The summed E-state index contributed by atoms with van der Waals surface area (Å²) in [6.07, 6.45) is 4.08. The van der Waals surface area contributed by atoms with Crippen LogP contribution in [-0.2, 0) is 9.59 Å². The monoisotopic (exact) mass is 313 g/mol. The minimum atomic E-state index is -0.865. The van der Waals surface area contributed by atoms with Crippen LogP contribution in [-0.4, -0.2) is 54.1 Å². The number of nitrogens with one attached hydrogen (secondary N) is 2. The molecule has 0 aromatic carbocycles. The van der Waals surface area contributed by atoms with E-state index in [1.165, 1.54) is 0 Å². The van der Waals surface area contributed by atoms with Gasteiger partial charge in [-0.05, 0) is 25.7 Å². The number of aliphatic carboxylic acids is 1. The number of carboxylic acids is 1. The highest BCUT2D eigenvalue weighted by Gasteiger charge is 2.27. The molecule has 1 aliphatic heterocycles. The molecule has 1 atom stereocenters. The maximum Gasteiger partial charge on any atom is 0.317 e. The standard InChI is InChI=1S/C15H27N3O4/c1-2-3-8-16-14(21)12-6-5-10-18(11-12)15(22)17-9-4-7-13(19)20/h12H,2-11H2,1H3,(H,16,21)(H,17,22)(H,19,20). The number of hydrogen-bond donors (Lipinski definition) is 3. The van der Waals surface area contributed by atoms with Crippen LogP contribution in [0.25, 0.3) is 0 Å². The summed E-state index contributed by atoms with van der Waals surface area (Å²) in [6.45, 7) is 4.18. The molecule has 0 aromatic rings. The van der Waals surface area contributed by atoms with Gasteiger partial charge in [-0.15, -0.1) is 0 Å². The van der Waals surface area contributed by atoms with Gasteiger partial charge in [-0.3, -0.25) is 9.59 Å². The van der Waals surface area contributed by atoms with Gasteiger partial charge < -0.3 is 20.6 Å². The van der Waals surface area contributed by atoms with Crippen LogP contribution in [0.2, 0.25) is 0 Å². The third-order valence-electron chi connectivity index (χ3n) is 3.75. The molecule has 1 heterocycles. The average molecular weight is 313 g/mol. The van der Waals surface area contributed by atoms with E-state index < -0.39 is 5.97 Å². The molecule has 126 valence electrons. The highest BCUT2D eigenvalue weighted by Crippen LogP contribution is 2.16. The van der Waals surface area contributed by atoms with E-state index in [2.05, 4.69) is 17.6 Å². The molecule has 0 saturated carbocycles. The molecule has 0 aromatic heterocycles. The number of carbonyl (C=O) groups excluding carboxylic acids is 2. The van der Waals surface area contributed by atoms with Gasteiger partial charge in [0.25, 0.3) is 0 Å². The summed E-state index contributed by atoms with van der Waals surface area (Å²) in [5.41, 5.74) is 0. The molecule has 3 N–H and O–H groups in total. The Bertz CT molecular complexity index is 387. The first kappa shape index (κ1) is 18.3. The van der Waals surface area contributed by atoms with Crippen molar-refractivity contribution in [2.24, 2.45) is 5.92 Å². The summed E-state index contributed by atoms with van der Waals surface area (Å²) in [6, 6.07) is -0.212. The number of urea groups is 1. The van der Waals surface area contributed by atoms with Crippen LogP contribution in [0.4, 0.5) is 4.79 Å². The van der Waals surface area contributed by atoms with Gasteiger partial charge in [0.15, 0.2) is 0 Å². The van der Waals surface area contributed by atoms with E-state index in [4.69, 9.17) is 5.11 Å². The molecule has 1 fully saturated rings. The molecule has 7 heteroatoms. The molecule has 7 nitrogen and oxygen atoms in total. The zero-order valence-electron chi connectivity index (χ0n) is 13.3.